The average molecular weight is 228 g/mol. The van der Waals surface area contributed by atoms with E-state index in [2.05, 4.69) is 41.5 Å². The number of hydrogen-bond donors (Lipinski definition) is 0. The molecule has 0 saturated heterocycles. The highest BCUT2D eigenvalue weighted by Crippen LogP contribution is 2.24. The molecule has 2 heteroatoms. The quantitative estimate of drug-likeness (QED) is 0.662. The van der Waals surface area contributed by atoms with Crippen molar-refractivity contribution in [2.24, 2.45) is 11.3 Å². The highest BCUT2D eigenvalue weighted by atomic mass is 16.5. The molecule has 16 heavy (non-hydrogen) atoms. The summed E-state index contributed by atoms with van der Waals surface area (Å²) in [6, 6.07) is 0. The Morgan fingerprint density at radius 1 is 1.25 bits per heavy atom. The minimum atomic E-state index is -0.206. The Morgan fingerprint density at radius 3 is 2.19 bits per heavy atom. The summed E-state index contributed by atoms with van der Waals surface area (Å²) in [6.45, 7) is 13.4. The Morgan fingerprint density at radius 2 is 1.81 bits per heavy atom. The van der Waals surface area contributed by atoms with Crippen LogP contribution >= 0.6 is 0 Å². The molecule has 0 spiro atoms. The van der Waals surface area contributed by atoms with Gasteiger partial charge in [-0.1, -0.05) is 41.5 Å². The Labute approximate surface area is 101 Å². The number of carbonyl (C=O) groups excluding carboxylic acids is 1. The molecule has 0 saturated carbocycles. The number of carbonyl (C=O) groups is 1. The Balaban J connectivity index is 4.35. The van der Waals surface area contributed by atoms with Gasteiger partial charge in [-0.15, -0.1) is 0 Å². The molecule has 0 bridgehead atoms. The summed E-state index contributed by atoms with van der Waals surface area (Å²) in [7, 11) is 0. The lowest BCUT2D eigenvalue weighted by Gasteiger charge is -2.25. The molecular weight excluding hydrogens is 200 g/mol. The third-order valence-electron chi connectivity index (χ3n) is 2.29. The van der Waals surface area contributed by atoms with Crippen molar-refractivity contribution >= 4 is 5.78 Å². The maximum absolute atomic E-state index is 12.0. The van der Waals surface area contributed by atoms with Gasteiger partial charge in [0.05, 0.1) is 0 Å². The SMILES string of the molecule is CCCOC(CC(C)(C)C)C(=O)CC(C)C. The molecule has 0 rings (SSSR count). The smallest absolute Gasteiger partial charge is 0.161 e. The standard InChI is InChI=1S/C14H28O2/c1-7-8-16-13(10-14(4,5)6)12(15)9-11(2)3/h11,13H,7-10H2,1-6H3. The molecule has 0 aromatic carbocycles. The van der Waals surface area contributed by atoms with Crippen molar-refractivity contribution in [3.05, 3.63) is 0 Å². The third kappa shape index (κ3) is 7.86. The zero-order chi connectivity index (χ0) is 12.8. The molecule has 0 heterocycles. The van der Waals surface area contributed by atoms with Crippen LogP contribution < -0.4 is 0 Å². The lowest BCUT2D eigenvalue weighted by atomic mass is 9.86. The van der Waals surface area contributed by atoms with Crippen LogP contribution in [-0.4, -0.2) is 18.5 Å². The average Bonchev–Trinajstić information content (AvgIpc) is 2.09. The van der Waals surface area contributed by atoms with Crippen molar-refractivity contribution in [2.75, 3.05) is 6.61 Å². The van der Waals surface area contributed by atoms with Crippen molar-refractivity contribution in [1.29, 1.82) is 0 Å². The van der Waals surface area contributed by atoms with E-state index >= 15 is 0 Å². The van der Waals surface area contributed by atoms with Gasteiger partial charge in [0.15, 0.2) is 5.78 Å². The predicted molar refractivity (Wildman–Crippen MR) is 68.6 cm³/mol. The molecule has 96 valence electrons. The zero-order valence-electron chi connectivity index (χ0n) is 11.8. The van der Waals surface area contributed by atoms with Crippen LogP contribution in [0.15, 0.2) is 0 Å². The van der Waals surface area contributed by atoms with Crippen molar-refractivity contribution < 1.29 is 9.53 Å². The van der Waals surface area contributed by atoms with Crippen LogP contribution in [0.4, 0.5) is 0 Å². The molecule has 0 fully saturated rings. The van der Waals surface area contributed by atoms with Crippen LogP contribution in [0.25, 0.3) is 0 Å². The van der Waals surface area contributed by atoms with Gasteiger partial charge in [-0.3, -0.25) is 4.79 Å². The Kier molecular flexibility index (Phi) is 6.89. The van der Waals surface area contributed by atoms with Crippen LogP contribution in [0, 0.1) is 11.3 Å². The fourth-order valence-electron chi connectivity index (χ4n) is 1.62. The first-order valence-corrected chi connectivity index (χ1v) is 6.40. The van der Waals surface area contributed by atoms with Gasteiger partial charge in [0.2, 0.25) is 0 Å². The van der Waals surface area contributed by atoms with Gasteiger partial charge >= 0.3 is 0 Å². The van der Waals surface area contributed by atoms with Gasteiger partial charge in [0, 0.05) is 13.0 Å². The Bertz CT molecular complexity index is 201. The van der Waals surface area contributed by atoms with E-state index in [1.807, 2.05) is 0 Å². The summed E-state index contributed by atoms with van der Waals surface area (Å²) >= 11 is 0. The lowest BCUT2D eigenvalue weighted by molar-refractivity contribution is -0.133. The van der Waals surface area contributed by atoms with E-state index in [0.29, 0.717) is 18.9 Å². The summed E-state index contributed by atoms with van der Waals surface area (Å²) in [4.78, 5) is 12.0. The number of hydrogen-bond acceptors (Lipinski definition) is 2. The molecule has 0 aromatic heterocycles. The summed E-state index contributed by atoms with van der Waals surface area (Å²) < 4.78 is 5.68. The molecule has 2 nitrogen and oxygen atoms in total. The van der Waals surface area contributed by atoms with Crippen molar-refractivity contribution in [3.63, 3.8) is 0 Å². The molecule has 0 aliphatic heterocycles. The number of Topliss-reactive ketones (excluding diaryl/α,β-unsaturated/α-hetero) is 1. The molecule has 0 amide bonds. The maximum Gasteiger partial charge on any atom is 0.161 e. The zero-order valence-corrected chi connectivity index (χ0v) is 11.8. The molecule has 0 aliphatic carbocycles. The van der Waals surface area contributed by atoms with Crippen molar-refractivity contribution in [1.82, 2.24) is 0 Å². The fourth-order valence-corrected chi connectivity index (χ4v) is 1.62. The van der Waals surface area contributed by atoms with E-state index in [1.54, 1.807) is 0 Å². The second kappa shape index (κ2) is 7.05. The summed E-state index contributed by atoms with van der Waals surface area (Å²) in [5.74, 6) is 0.679. The third-order valence-corrected chi connectivity index (χ3v) is 2.29. The van der Waals surface area contributed by atoms with E-state index < -0.39 is 0 Å². The normalized spacial score (nSPS) is 14.2. The van der Waals surface area contributed by atoms with Gasteiger partial charge in [0.1, 0.15) is 6.10 Å². The molecule has 1 atom stereocenters. The second-order valence-corrected chi connectivity index (χ2v) is 6.19. The van der Waals surface area contributed by atoms with Crippen LogP contribution in [0.3, 0.4) is 0 Å². The lowest BCUT2D eigenvalue weighted by Crippen LogP contribution is -2.30. The number of rotatable bonds is 7. The molecule has 0 N–H and O–H groups in total. The highest BCUT2D eigenvalue weighted by Gasteiger charge is 2.25. The second-order valence-electron chi connectivity index (χ2n) is 6.19. The van der Waals surface area contributed by atoms with E-state index in [0.717, 1.165) is 12.8 Å². The number of ketones is 1. The van der Waals surface area contributed by atoms with Gasteiger partial charge in [0.25, 0.3) is 0 Å². The Hall–Kier alpha value is -0.370. The molecule has 1 unspecified atom stereocenters. The highest BCUT2D eigenvalue weighted by molar-refractivity contribution is 5.83. The first kappa shape index (κ1) is 15.6. The van der Waals surface area contributed by atoms with Crippen molar-refractivity contribution in [2.45, 2.75) is 66.9 Å². The topological polar surface area (TPSA) is 26.3 Å². The van der Waals surface area contributed by atoms with E-state index in [9.17, 15) is 4.79 Å². The monoisotopic (exact) mass is 228 g/mol. The maximum atomic E-state index is 12.0. The van der Waals surface area contributed by atoms with Crippen molar-refractivity contribution in [3.8, 4) is 0 Å². The van der Waals surface area contributed by atoms with Gasteiger partial charge in [-0.25, -0.2) is 0 Å². The first-order chi connectivity index (χ1) is 7.26. The molecule has 0 radical (unpaired) electrons. The molecule has 0 aliphatic rings. The summed E-state index contributed by atoms with van der Waals surface area (Å²) in [5, 5.41) is 0. The summed E-state index contributed by atoms with van der Waals surface area (Å²) in [6.07, 6.45) is 2.21. The van der Waals surface area contributed by atoms with Gasteiger partial charge < -0.3 is 4.74 Å². The van der Waals surface area contributed by atoms with E-state index in [1.165, 1.54) is 0 Å². The number of ether oxygens (including phenoxy) is 1. The molecule has 0 aromatic rings. The van der Waals surface area contributed by atoms with E-state index in [4.69, 9.17) is 4.74 Å². The molecular formula is C14H28O2. The summed E-state index contributed by atoms with van der Waals surface area (Å²) in [5.41, 5.74) is 0.144. The minimum absolute atomic E-state index is 0.144. The van der Waals surface area contributed by atoms with Crippen LogP contribution in [-0.2, 0) is 9.53 Å². The van der Waals surface area contributed by atoms with E-state index in [-0.39, 0.29) is 17.3 Å². The fraction of sp³-hybridized carbons (Fsp3) is 0.929. The predicted octanol–water partition coefficient (Wildman–Crippen LogP) is 3.83. The first-order valence-electron chi connectivity index (χ1n) is 6.40. The van der Waals surface area contributed by atoms with Gasteiger partial charge in [-0.2, -0.15) is 0 Å². The van der Waals surface area contributed by atoms with Crippen LogP contribution in [0.5, 0.6) is 0 Å². The minimum Gasteiger partial charge on any atom is -0.370 e. The van der Waals surface area contributed by atoms with Gasteiger partial charge in [-0.05, 0) is 24.2 Å². The van der Waals surface area contributed by atoms with Crippen LogP contribution in [0.2, 0.25) is 0 Å². The van der Waals surface area contributed by atoms with Crippen LogP contribution in [0.1, 0.15) is 60.8 Å². The largest absolute Gasteiger partial charge is 0.370 e.